The van der Waals surface area contributed by atoms with Crippen LogP contribution in [0.4, 0.5) is 11.5 Å². The zero-order chi connectivity index (χ0) is 24.4. The number of thioether (sulfide) groups is 1. The van der Waals surface area contributed by atoms with Crippen molar-refractivity contribution in [2.24, 2.45) is 5.92 Å². The molecule has 9 nitrogen and oxygen atoms in total. The highest BCUT2D eigenvalue weighted by Gasteiger charge is 2.33. The van der Waals surface area contributed by atoms with E-state index in [2.05, 4.69) is 25.9 Å². The van der Waals surface area contributed by atoms with Gasteiger partial charge in [-0.3, -0.25) is 14.6 Å². The Morgan fingerprint density at radius 2 is 2.14 bits per heavy atom. The molecule has 3 heterocycles. The second-order valence-electron chi connectivity index (χ2n) is 8.78. The fraction of sp³-hybridized carbons (Fsp3) is 0.360. The number of aliphatic hydroxyl groups is 1. The topological polar surface area (TPSA) is 125 Å². The molecule has 2 aliphatic rings. The predicted molar refractivity (Wildman–Crippen MR) is 134 cm³/mol. The molecule has 0 unspecified atom stereocenters. The average molecular weight is 494 g/mol. The Kier molecular flexibility index (Phi) is 6.85. The lowest BCUT2D eigenvalue weighted by molar-refractivity contribution is -0.122. The number of nitrogens with one attached hydrogen (secondary N) is 3. The molecule has 10 heteroatoms. The summed E-state index contributed by atoms with van der Waals surface area (Å²) in [6.45, 7) is 0.469. The molecule has 0 radical (unpaired) electrons. The summed E-state index contributed by atoms with van der Waals surface area (Å²) in [5, 5.41) is 20.7. The van der Waals surface area contributed by atoms with Crippen molar-refractivity contribution in [2.75, 3.05) is 23.5 Å². The van der Waals surface area contributed by atoms with Gasteiger partial charge in [0, 0.05) is 30.1 Å². The number of aliphatic hydroxyl groups excluding tert-OH is 1. The number of nitrogens with zero attached hydrogens (tertiary/aromatic N) is 2. The van der Waals surface area contributed by atoms with Crippen LogP contribution in [-0.2, 0) is 16.1 Å². The van der Waals surface area contributed by atoms with E-state index in [1.54, 1.807) is 19.4 Å². The van der Waals surface area contributed by atoms with Crippen molar-refractivity contribution in [1.29, 1.82) is 0 Å². The van der Waals surface area contributed by atoms with Gasteiger partial charge in [0.1, 0.15) is 11.6 Å². The third kappa shape index (κ3) is 5.24. The van der Waals surface area contributed by atoms with Gasteiger partial charge in [0.05, 0.1) is 40.8 Å². The van der Waals surface area contributed by atoms with Crippen molar-refractivity contribution < 1.29 is 19.4 Å². The Morgan fingerprint density at radius 3 is 2.97 bits per heavy atom. The zero-order valence-electron chi connectivity index (χ0n) is 19.3. The van der Waals surface area contributed by atoms with E-state index in [4.69, 9.17) is 4.74 Å². The number of anilines is 2. The summed E-state index contributed by atoms with van der Waals surface area (Å²) in [5.74, 6) is 1.24. The summed E-state index contributed by atoms with van der Waals surface area (Å²) in [5.41, 5.74) is 2.24. The molecule has 1 aromatic carbocycles. The van der Waals surface area contributed by atoms with Crippen LogP contribution in [0.5, 0.6) is 5.75 Å². The smallest absolute Gasteiger partial charge is 0.235 e. The van der Waals surface area contributed by atoms with Crippen LogP contribution in [0.3, 0.4) is 0 Å². The maximum Gasteiger partial charge on any atom is 0.235 e. The summed E-state index contributed by atoms with van der Waals surface area (Å²) in [7, 11) is 1.60. The first-order valence-electron chi connectivity index (χ1n) is 11.6. The zero-order valence-corrected chi connectivity index (χ0v) is 20.1. The summed E-state index contributed by atoms with van der Waals surface area (Å²) in [6, 6.07) is 11.1. The molecular formula is C25H27N5O4S. The summed E-state index contributed by atoms with van der Waals surface area (Å²) < 4.78 is 5.31. The SMILES string of the molecule is COc1ccc2nccc(NC(=O)[C@@H]3CC[C@@H](NCc4ccc5c(n4)NC(=O)CS5)[C@H](O)C3)c2c1. The van der Waals surface area contributed by atoms with E-state index in [9.17, 15) is 14.7 Å². The number of carbonyl (C=O) groups is 2. The molecule has 3 aromatic rings. The van der Waals surface area contributed by atoms with E-state index < -0.39 is 6.10 Å². The molecule has 2 amide bonds. The van der Waals surface area contributed by atoms with Gasteiger partial charge in [-0.1, -0.05) is 0 Å². The van der Waals surface area contributed by atoms with Crippen LogP contribution in [0, 0.1) is 5.92 Å². The summed E-state index contributed by atoms with van der Waals surface area (Å²) >= 11 is 1.48. The third-order valence-electron chi connectivity index (χ3n) is 6.47. The molecule has 1 aliphatic carbocycles. The van der Waals surface area contributed by atoms with Gasteiger partial charge < -0.3 is 25.8 Å². The average Bonchev–Trinajstić information content (AvgIpc) is 2.87. The van der Waals surface area contributed by atoms with Crippen molar-refractivity contribution in [2.45, 2.75) is 42.8 Å². The number of fused-ring (bicyclic) bond motifs is 2. The molecule has 182 valence electrons. The van der Waals surface area contributed by atoms with Gasteiger partial charge in [-0.05, 0) is 55.7 Å². The first-order chi connectivity index (χ1) is 17.0. The van der Waals surface area contributed by atoms with Gasteiger partial charge >= 0.3 is 0 Å². The fourth-order valence-corrected chi connectivity index (χ4v) is 5.31. The van der Waals surface area contributed by atoms with Gasteiger partial charge in [0.15, 0.2) is 0 Å². The number of methoxy groups -OCH3 is 1. The van der Waals surface area contributed by atoms with Crippen molar-refractivity contribution in [3.05, 3.63) is 48.3 Å². The van der Waals surface area contributed by atoms with Gasteiger partial charge in [-0.2, -0.15) is 0 Å². The minimum Gasteiger partial charge on any atom is -0.497 e. The van der Waals surface area contributed by atoms with E-state index in [0.29, 0.717) is 48.8 Å². The Bertz CT molecular complexity index is 1270. The number of aromatic nitrogens is 2. The van der Waals surface area contributed by atoms with Crippen LogP contribution in [0.15, 0.2) is 47.5 Å². The highest BCUT2D eigenvalue weighted by atomic mass is 32.2. The van der Waals surface area contributed by atoms with Crippen LogP contribution in [0.1, 0.15) is 25.0 Å². The molecule has 35 heavy (non-hydrogen) atoms. The Morgan fingerprint density at radius 1 is 1.26 bits per heavy atom. The molecule has 4 N–H and O–H groups in total. The molecule has 3 atom stereocenters. The Labute approximate surface area is 207 Å². The minimum absolute atomic E-state index is 0.0500. The lowest BCUT2D eigenvalue weighted by Gasteiger charge is -2.33. The predicted octanol–water partition coefficient (Wildman–Crippen LogP) is 2.94. The van der Waals surface area contributed by atoms with Crippen molar-refractivity contribution >= 4 is 46.0 Å². The molecule has 0 saturated heterocycles. The van der Waals surface area contributed by atoms with E-state index in [1.165, 1.54) is 11.8 Å². The Balaban J connectivity index is 1.18. The van der Waals surface area contributed by atoms with Crippen LogP contribution in [0.25, 0.3) is 10.9 Å². The summed E-state index contributed by atoms with van der Waals surface area (Å²) in [4.78, 5) is 34.5. The molecule has 0 spiro atoms. The molecule has 1 fully saturated rings. The van der Waals surface area contributed by atoms with Gasteiger partial charge in [0.2, 0.25) is 11.8 Å². The number of benzene rings is 1. The van der Waals surface area contributed by atoms with E-state index >= 15 is 0 Å². The van der Waals surface area contributed by atoms with E-state index in [1.807, 2.05) is 30.3 Å². The maximum atomic E-state index is 13.0. The molecule has 2 aromatic heterocycles. The highest BCUT2D eigenvalue weighted by Crippen LogP contribution is 2.31. The standard InChI is InChI=1S/C25H27N5O4S/c1-34-16-4-6-18-17(11-16)19(8-9-26-18)29-25(33)14-2-5-20(21(31)10-14)27-12-15-3-7-22-24(28-15)30-23(32)13-35-22/h3-4,6-9,11,14,20-21,27,31H,2,5,10,12-13H2,1H3,(H,26,29,33)(H,28,30,32)/t14-,20-,21-/m1/s1. The monoisotopic (exact) mass is 493 g/mol. The molecule has 1 saturated carbocycles. The lowest BCUT2D eigenvalue weighted by Crippen LogP contribution is -2.46. The van der Waals surface area contributed by atoms with Crippen LogP contribution < -0.4 is 20.7 Å². The number of hydrogen-bond acceptors (Lipinski definition) is 8. The van der Waals surface area contributed by atoms with Crippen LogP contribution in [0.2, 0.25) is 0 Å². The lowest BCUT2D eigenvalue weighted by atomic mass is 9.83. The fourth-order valence-electron chi connectivity index (χ4n) is 4.56. The molecular weight excluding hydrogens is 466 g/mol. The third-order valence-corrected chi connectivity index (χ3v) is 7.52. The highest BCUT2D eigenvalue weighted by molar-refractivity contribution is 8.00. The molecule has 0 bridgehead atoms. The van der Waals surface area contributed by atoms with Crippen molar-refractivity contribution in [3.8, 4) is 5.75 Å². The number of pyridine rings is 2. The van der Waals surface area contributed by atoms with Gasteiger partial charge in [0.25, 0.3) is 0 Å². The second-order valence-corrected chi connectivity index (χ2v) is 9.80. The summed E-state index contributed by atoms with van der Waals surface area (Å²) in [6.07, 6.45) is 2.72. The maximum absolute atomic E-state index is 13.0. The van der Waals surface area contributed by atoms with Gasteiger partial charge in [-0.15, -0.1) is 11.8 Å². The normalized spacial score (nSPS) is 21.8. The number of amides is 2. The first kappa shape index (κ1) is 23.5. The number of ether oxygens (including phenoxy) is 1. The first-order valence-corrected chi connectivity index (χ1v) is 12.6. The largest absolute Gasteiger partial charge is 0.497 e. The van der Waals surface area contributed by atoms with E-state index in [-0.39, 0.29) is 23.8 Å². The van der Waals surface area contributed by atoms with Crippen molar-refractivity contribution in [3.63, 3.8) is 0 Å². The van der Waals surface area contributed by atoms with Gasteiger partial charge in [-0.25, -0.2) is 4.98 Å². The van der Waals surface area contributed by atoms with Crippen LogP contribution in [-0.4, -0.2) is 51.9 Å². The number of carbonyl (C=O) groups excluding carboxylic acids is 2. The number of hydrogen-bond donors (Lipinski definition) is 4. The van der Waals surface area contributed by atoms with E-state index in [0.717, 1.165) is 21.5 Å². The molecule has 5 rings (SSSR count). The quantitative estimate of drug-likeness (QED) is 0.413. The molecule has 1 aliphatic heterocycles. The van der Waals surface area contributed by atoms with Crippen LogP contribution >= 0.6 is 11.8 Å². The Hall–Kier alpha value is -3.21. The number of rotatable bonds is 6. The van der Waals surface area contributed by atoms with Crippen molar-refractivity contribution in [1.82, 2.24) is 15.3 Å². The second kappa shape index (κ2) is 10.2. The minimum atomic E-state index is -0.651.